The third kappa shape index (κ3) is 6.02. The lowest BCUT2D eigenvalue weighted by atomic mass is 9.97. The molecule has 1 unspecified atom stereocenters. The van der Waals surface area contributed by atoms with Crippen LogP contribution in [0.4, 0.5) is 14.5 Å². The minimum atomic E-state index is -0.509. The molecule has 1 atom stereocenters. The number of hydrogen-bond donors (Lipinski definition) is 2. The number of likely N-dealkylation sites (tertiary alicyclic amines) is 1. The van der Waals surface area contributed by atoms with E-state index >= 15 is 0 Å². The third-order valence-corrected chi connectivity index (χ3v) is 5.88. The molecular weight excluding hydrogens is 376 g/mol. The second-order valence-corrected chi connectivity index (χ2v) is 7.88. The molecule has 2 heterocycles. The number of piperidine rings is 1. The van der Waals surface area contributed by atoms with E-state index in [-0.39, 0.29) is 11.7 Å². The van der Waals surface area contributed by atoms with E-state index in [0.717, 1.165) is 58.0 Å². The number of nitrogens with zero attached hydrogens (tertiary/aromatic N) is 3. The lowest BCUT2D eigenvalue weighted by Gasteiger charge is -2.32. The predicted molar refractivity (Wildman–Crippen MR) is 113 cm³/mol. The van der Waals surface area contributed by atoms with E-state index in [2.05, 4.69) is 20.5 Å². The number of anilines is 1. The highest BCUT2D eigenvalue weighted by molar-refractivity contribution is 5.80. The number of benzene rings is 1. The zero-order chi connectivity index (χ0) is 20.6. The normalized spacial score (nSPS) is 21.6. The fourth-order valence-corrected chi connectivity index (χ4v) is 4.14. The van der Waals surface area contributed by atoms with Crippen LogP contribution in [0.5, 0.6) is 0 Å². The Kier molecular flexibility index (Phi) is 8.06. The molecule has 2 N–H and O–H groups in total. The Morgan fingerprint density at radius 1 is 1.17 bits per heavy atom. The molecule has 2 fully saturated rings. The maximum Gasteiger partial charge on any atom is 0.191 e. The summed E-state index contributed by atoms with van der Waals surface area (Å²) in [5.41, 5.74) is 0.0694. The fraction of sp³-hybridized carbons (Fsp3) is 0.667. The molecule has 0 bridgehead atoms. The Morgan fingerprint density at radius 2 is 1.90 bits per heavy atom. The summed E-state index contributed by atoms with van der Waals surface area (Å²) in [6.45, 7) is 6.05. The van der Waals surface area contributed by atoms with Gasteiger partial charge in [0.2, 0.25) is 0 Å². The Hall–Kier alpha value is -1.93. The van der Waals surface area contributed by atoms with Crippen molar-refractivity contribution in [1.82, 2.24) is 15.5 Å². The Labute approximate surface area is 172 Å². The number of halogens is 2. The summed E-state index contributed by atoms with van der Waals surface area (Å²) in [6.07, 6.45) is 3.14. The van der Waals surface area contributed by atoms with Crippen LogP contribution in [0.15, 0.2) is 23.2 Å². The van der Waals surface area contributed by atoms with Gasteiger partial charge in [-0.2, -0.15) is 0 Å². The summed E-state index contributed by atoms with van der Waals surface area (Å²) >= 11 is 0. The van der Waals surface area contributed by atoms with Crippen LogP contribution in [0.25, 0.3) is 0 Å². The average Bonchev–Trinajstić information content (AvgIpc) is 3.18. The molecule has 2 saturated heterocycles. The van der Waals surface area contributed by atoms with Crippen LogP contribution >= 0.6 is 0 Å². The molecule has 2 aliphatic rings. The molecule has 0 amide bonds. The van der Waals surface area contributed by atoms with Crippen molar-refractivity contribution >= 4 is 11.6 Å². The molecule has 2 aliphatic heterocycles. The summed E-state index contributed by atoms with van der Waals surface area (Å²) in [4.78, 5) is 8.54. The third-order valence-electron chi connectivity index (χ3n) is 5.88. The van der Waals surface area contributed by atoms with Crippen molar-refractivity contribution in [3.05, 3.63) is 29.8 Å². The number of ether oxygens (including phenoxy) is 1. The van der Waals surface area contributed by atoms with Gasteiger partial charge in [-0.15, -0.1) is 0 Å². The van der Waals surface area contributed by atoms with Gasteiger partial charge in [0.25, 0.3) is 0 Å². The summed E-state index contributed by atoms with van der Waals surface area (Å²) < 4.78 is 33.2. The van der Waals surface area contributed by atoms with Crippen LogP contribution in [-0.2, 0) is 4.74 Å². The molecule has 0 saturated carbocycles. The molecule has 1 aromatic carbocycles. The molecule has 0 radical (unpaired) electrons. The average molecular weight is 410 g/mol. The molecule has 162 valence electrons. The largest absolute Gasteiger partial charge is 0.383 e. The van der Waals surface area contributed by atoms with Gasteiger partial charge in [-0.3, -0.25) is 4.99 Å². The Bertz CT molecular complexity index is 659. The second-order valence-electron chi connectivity index (χ2n) is 7.88. The van der Waals surface area contributed by atoms with Crippen molar-refractivity contribution < 1.29 is 13.5 Å². The second kappa shape index (κ2) is 10.7. The summed E-state index contributed by atoms with van der Waals surface area (Å²) in [6, 6.07) is 4.12. The first-order valence-electron chi connectivity index (χ1n) is 10.5. The van der Waals surface area contributed by atoms with Gasteiger partial charge in [-0.1, -0.05) is 6.07 Å². The number of para-hydroxylation sites is 1. The number of guanidine groups is 1. The van der Waals surface area contributed by atoms with Gasteiger partial charge in [0.1, 0.15) is 17.3 Å². The standard InChI is InChI=1S/C21H33F2N5O/c1-24-21(25-14-16-6-9-27(10-7-16)12-13-29-2)26-17-8-11-28(15-17)20-18(22)4-3-5-19(20)23/h3-5,16-17H,6-15H2,1-2H3,(H2,24,25,26). The van der Waals surface area contributed by atoms with Crippen LogP contribution in [0.1, 0.15) is 19.3 Å². The summed E-state index contributed by atoms with van der Waals surface area (Å²) in [7, 11) is 3.50. The van der Waals surface area contributed by atoms with Gasteiger partial charge in [-0.05, 0) is 50.4 Å². The van der Waals surface area contributed by atoms with Gasteiger partial charge < -0.3 is 25.2 Å². The smallest absolute Gasteiger partial charge is 0.191 e. The fourth-order valence-electron chi connectivity index (χ4n) is 4.14. The van der Waals surface area contributed by atoms with E-state index in [1.807, 2.05) is 0 Å². The molecular formula is C21H33F2N5O. The topological polar surface area (TPSA) is 52.1 Å². The first-order chi connectivity index (χ1) is 14.1. The number of nitrogens with one attached hydrogen (secondary N) is 2. The molecule has 1 aromatic rings. The number of rotatable bonds is 7. The minimum Gasteiger partial charge on any atom is -0.383 e. The lowest BCUT2D eigenvalue weighted by molar-refractivity contribution is 0.121. The van der Waals surface area contributed by atoms with E-state index < -0.39 is 11.6 Å². The zero-order valence-electron chi connectivity index (χ0n) is 17.5. The van der Waals surface area contributed by atoms with Gasteiger partial charge >= 0.3 is 0 Å². The summed E-state index contributed by atoms with van der Waals surface area (Å²) in [5, 5.41) is 6.84. The van der Waals surface area contributed by atoms with Crippen molar-refractivity contribution in [1.29, 1.82) is 0 Å². The van der Waals surface area contributed by atoms with E-state index in [0.29, 0.717) is 19.0 Å². The summed E-state index contributed by atoms with van der Waals surface area (Å²) in [5.74, 6) is 0.364. The molecule has 0 aliphatic carbocycles. The molecule has 0 aromatic heterocycles. The van der Waals surface area contributed by atoms with Gasteiger partial charge in [-0.25, -0.2) is 8.78 Å². The van der Waals surface area contributed by atoms with Crippen molar-refractivity contribution in [3.8, 4) is 0 Å². The highest BCUT2D eigenvalue weighted by Crippen LogP contribution is 2.26. The molecule has 6 nitrogen and oxygen atoms in total. The Balaban J connectivity index is 1.42. The van der Waals surface area contributed by atoms with Crippen molar-refractivity contribution in [2.75, 3.05) is 64.9 Å². The van der Waals surface area contributed by atoms with E-state index in [1.165, 1.54) is 18.2 Å². The van der Waals surface area contributed by atoms with Crippen LogP contribution in [-0.4, -0.2) is 76.9 Å². The van der Waals surface area contributed by atoms with Gasteiger partial charge in [0, 0.05) is 46.4 Å². The highest BCUT2D eigenvalue weighted by atomic mass is 19.1. The Morgan fingerprint density at radius 3 is 2.55 bits per heavy atom. The predicted octanol–water partition coefficient (Wildman–Crippen LogP) is 2.07. The van der Waals surface area contributed by atoms with E-state index in [4.69, 9.17) is 4.74 Å². The molecule has 8 heteroatoms. The van der Waals surface area contributed by atoms with Gasteiger partial charge in [0.15, 0.2) is 5.96 Å². The quantitative estimate of drug-likeness (QED) is 0.533. The minimum absolute atomic E-state index is 0.0694. The first kappa shape index (κ1) is 21.8. The highest BCUT2D eigenvalue weighted by Gasteiger charge is 2.27. The van der Waals surface area contributed by atoms with Crippen LogP contribution in [0, 0.1) is 17.6 Å². The first-order valence-corrected chi connectivity index (χ1v) is 10.5. The van der Waals surface area contributed by atoms with Crippen LogP contribution < -0.4 is 15.5 Å². The zero-order valence-corrected chi connectivity index (χ0v) is 17.5. The van der Waals surface area contributed by atoms with E-state index in [9.17, 15) is 8.78 Å². The van der Waals surface area contributed by atoms with Gasteiger partial charge in [0.05, 0.1) is 6.61 Å². The number of aliphatic imine (C=N–C) groups is 1. The van der Waals surface area contributed by atoms with Crippen molar-refractivity contribution in [2.45, 2.75) is 25.3 Å². The van der Waals surface area contributed by atoms with Crippen LogP contribution in [0.2, 0.25) is 0 Å². The molecule has 3 rings (SSSR count). The van der Waals surface area contributed by atoms with E-state index in [1.54, 1.807) is 19.1 Å². The molecule has 0 spiro atoms. The maximum atomic E-state index is 14.0. The van der Waals surface area contributed by atoms with Crippen molar-refractivity contribution in [3.63, 3.8) is 0 Å². The number of hydrogen-bond acceptors (Lipinski definition) is 4. The SMILES string of the molecule is CN=C(NCC1CCN(CCOC)CC1)NC1CCN(c2c(F)cccc2F)C1. The monoisotopic (exact) mass is 409 g/mol. The maximum absolute atomic E-state index is 14.0. The lowest BCUT2D eigenvalue weighted by Crippen LogP contribution is -2.47. The molecule has 29 heavy (non-hydrogen) atoms. The van der Waals surface area contributed by atoms with Crippen LogP contribution in [0.3, 0.4) is 0 Å². The number of methoxy groups -OCH3 is 1. The van der Waals surface area contributed by atoms with Crippen molar-refractivity contribution in [2.24, 2.45) is 10.9 Å².